The maximum absolute atomic E-state index is 12.6. The summed E-state index contributed by atoms with van der Waals surface area (Å²) < 4.78 is 6.09. The van der Waals surface area contributed by atoms with E-state index in [1.807, 2.05) is 73.5 Å². The largest absolute Gasteiger partial charge is 0.461 e. The van der Waals surface area contributed by atoms with Gasteiger partial charge in [-0.05, 0) is 29.6 Å². The minimum Gasteiger partial charge on any atom is -0.461 e. The monoisotopic (exact) mass is 408 g/mol. The van der Waals surface area contributed by atoms with E-state index in [2.05, 4.69) is 5.32 Å². The highest BCUT2D eigenvalue weighted by molar-refractivity contribution is 7.12. The van der Waals surface area contributed by atoms with Crippen molar-refractivity contribution in [1.82, 2.24) is 4.90 Å². The van der Waals surface area contributed by atoms with Crippen molar-refractivity contribution < 1.29 is 14.0 Å². The number of nitrogens with zero attached hydrogens (tertiary/aromatic N) is 1. The molecule has 0 bridgehead atoms. The zero-order valence-corrected chi connectivity index (χ0v) is 17.6. The summed E-state index contributed by atoms with van der Waals surface area (Å²) in [4.78, 5) is 27.5. The molecular formula is C23H24N2O3S. The fourth-order valence-corrected chi connectivity index (χ4v) is 3.96. The maximum Gasteiger partial charge on any atom is 0.264 e. The standard InChI is InChI=1S/C23H24N2O3S/c1-23(2,3)22(27)24-17-7-4-6-15(12-17)19-13-16-14-25(10-9-18(16)28-19)21(26)20-8-5-11-29-20/h4-8,11-13H,9-10,14H2,1-3H3,(H,24,27). The lowest BCUT2D eigenvalue weighted by atomic mass is 9.95. The number of thiophene rings is 1. The molecule has 6 heteroatoms. The molecule has 0 saturated carbocycles. The maximum atomic E-state index is 12.6. The van der Waals surface area contributed by atoms with Crippen molar-refractivity contribution in [3.05, 3.63) is 64.0 Å². The van der Waals surface area contributed by atoms with E-state index in [0.717, 1.165) is 33.2 Å². The summed E-state index contributed by atoms with van der Waals surface area (Å²) in [5, 5.41) is 4.88. The van der Waals surface area contributed by atoms with Gasteiger partial charge < -0.3 is 14.6 Å². The normalized spacial score (nSPS) is 13.8. The predicted octanol–water partition coefficient (Wildman–Crippen LogP) is 5.19. The van der Waals surface area contributed by atoms with Gasteiger partial charge in [0.25, 0.3) is 5.91 Å². The third kappa shape index (κ3) is 4.12. The van der Waals surface area contributed by atoms with Gasteiger partial charge in [-0.25, -0.2) is 0 Å². The number of hydrogen-bond donors (Lipinski definition) is 1. The van der Waals surface area contributed by atoms with Crippen molar-refractivity contribution in [2.24, 2.45) is 5.41 Å². The first kappa shape index (κ1) is 19.5. The molecule has 1 aliphatic rings. The van der Waals surface area contributed by atoms with Crippen LogP contribution in [0.3, 0.4) is 0 Å². The van der Waals surface area contributed by atoms with Crippen LogP contribution in [0.25, 0.3) is 11.3 Å². The first-order valence-electron chi connectivity index (χ1n) is 9.67. The average Bonchev–Trinajstić information content (AvgIpc) is 3.36. The molecule has 2 amide bonds. The lowest BCUT2D eigenvalue weighted by Crippen LogP contribution is -2.35. The Morgan fingerprint density at radius 2 is 1.97 bits per heavy atom. The molecule has 1 aromatic carbocycles. The van der Waals surface area contributed by atoms with Gasteiger partial charge >= 0.3 is 0 Å². The molecule has 29 heavy (non-hydrogen) atoms. The van der Waals surface area contributed by atoms with Crippen LogP contribution in [0.4, 0.5) is 5.69 Å². The highest BCUT2D eigenvalue weighted by Gasteiger charge is 2.26. The first-order valence-corrected chi connectivity index (χ1v) is 10.6. The van der Waals surface area contributed by atoms with Crippen molar-refractivity contribution in [2.75, 3.05) is 11.9 Å². The smallest absolute Gasteiger partial charge is 0.264 e. The molecule has 0 fully saturated rings. The number of rotatable bonds is 3. The molecule has 0 radical (unpaired) electrons. The molecule has 1 aliphatic heterocycles. The lowest BCUT2D eigenvalue weighted by Gasteiger charge is -2.25. The third-order valence-electron chi connectivity index (χ3n) is 4.97. The van der Waals surface area contributed by atoms with E-state index >= 15 is 0 Å². The van der Waals surface area contributed by atoms with Crippen molar-refractivity contribution in [2.45, 2.75) is 33.7 Å². The van der Waals surface area contributed by atoms with Crippen molar-refractivity contribution >= 4 is 28.8 Å². The second-order valence-corrected chi connectivity index (χ2v) is 9.25. The van der Waals surface area contributed by atoms with Gasteiger partial charge in [0.05, 0.1) is 4.88 Å². The van der Waals surface area contributed by atoms with E-state index < -0.39 is 5.41 Å². The van der Waals surface area contributed by atoms with Gasteiger partial charge in [0.2, 0.25) is 5.91 Å². The number of hydrogen-bond acceptors (Lipinski definition) is 4. The second kappa shape index (κ2) is 7.52. The van der Waals surface area contributed by atoms with Gasteiger partial charge in [0, 0.05) is 41.7 Å². The van der Waals surface area contributed by atoms with Gasteiger partial charge in [-0.2, -0.15) is 0 Å². The molecule has 3 aromatic rings. The Balaban J connectivity index is 1.53. The highest BCUT2D eigenvalue weighted by atomic mass is 32.1. The number of benzene rings is 1. The van der Waals surface area contributed by atoms with Gasteiger partial charge in [0.1, 0.15) is 11.5 Å². The summed E-state index contributed by atoms with van der Waals surface area (Å²) in [6, 6.07) is 13.4. The van der Waals surface area contributed by atoms with E-state index in [1.54, 1.807) is 0 Å². The summed E-state index contributed by atoms with van der Waals surface area (Å²) in [6.45, 7) is 6.86. The highest BCUT2D eigenvalue weighted by Crippen LogP contribution is 2.32. The number of furan rings is 1. The zero-order chi connectivity index (χ0) is 20.6. The second-order valence-electron chi connectivity index (χ2n) is 8.30. The van der Waals surface area contributed by atoms with Gasteiger partial charge in [0.15, 0.2) is 0 Å². The first-order chi connectivity index (χ1) is 13.8. The molecule has 0 aliphatic carbocycles. The molecule has 3 heterocycles. The van der Waals surface area contributed by atoms with Crippen molar-refractivity contribution in [3.8, 4) is 11.3 Å². The van der Waals surface area contributed by atoms with Crippen LogP contribution in [0.15, 0.2) is 52.3 Å². The quantitative estimate of drug-likeness (QED) is 0.649. The molecule has 2 aromatic heterocycles. The van der Waals surface area contributed by atoms with Gasteiger partial charge in [-0.3, -0.25) is 9.59 Å². The van der Waals surface area contributed by atoms with E-state index in [9.17, 15) is 9.59 Å². The van der Waals surface area contributed by atoms with E-state index in [4.69, 9.17) is 4.42 Å². The van der Waals surface area contributed by atoms with Crippen molar-refractivity contribution in [1.29, 1.82) is 0 Å². The summed E-state index contributed by atoms with van der Waals surface area (Å²) in [6.07, 6.45) is 0.701. The van der Waals surface area contributed by atoms with Crippen LogP contribution in [0.5, 0.6) is 0 Å². The van der Waals surface area contributed by atoms with E-state index in [-0.39, 0.29) is 11.8 Å². The number of carbonyl (C=O) groups is 2. The number of fused-ring (bicyclic) bond motifs is 1. The van der Waals surface area contributed by atoms with Crippen LogP contribution in [0.2, 0.25) is 0 Å². The van der Waals surface area contributed by atoms with Crippen molar-refractivity contribution in [3.63, 3.8) is 0 Å². The summed E-state index contributed by atoms with van der Waals surface area (Å²) in [5.41, 5.74) is 2.23. The number of amides is 2. The molecule has 0 atom stereocenters. The Morgan fingerprint density at radius 1 is 1.14 bits per heavy atom. The average molecular weight is 409 g/mol. The molecular weight excluding hydrogens is 384 g/mol. The van der Waals surface area contributed by atoms with Crippen LogP contribution < -0.4 is 5.32 Å². The zero-order valence-electron chi connectivity index (χ0n) is 16.8. The predicted molar refractivity (Wildman–Crippen MR) is 115 cm³/mol. The van der Waals surface area contributed by atoms with Crippen LogP contribution in [-0.4, -0.2) is 23.3 Å². The van der Waals surface area contributed by atoms with Gasteiger partial charge in [-0.15, -0.1) is 11.3 Å². The molecule has 1 N–H and O–H groups in total. The van der Waals surface area contributed by atoms with E-state index in [1.165, 1.54) is 11.3 Å². The fraction of sp³-hybridized carbons (Fsp3) is 0.304. The number of nitrogens with one attached hydrogen (secondary N) is 1. The molecule has 0 spiro atoms. The number of carbonyl (C=O) groups excluding carboxylic acids is 2. The Hall–Kier alpha value is -2.86. The lowest BCUT2D eigenvalue weighted by molar-refractivity contribution is -0.123. The molecule has 0 saturated heterocycles. The van der Waals surface area contributed by atoms with E-state index in [0.29, 0.717) is 19.5 Å². The third-order valence-corrected chi connectivity index (χ3v) is 5.83. The molecule has 0 unspecified atom stereocenters. The van der Waals surface area contributed by atoms with Crippen LogP contribution in [-0.2, 0) is 17.8 Å². The Morgan fingerprint density at radius 3 is 2.69 bits per heavy atom. The summed E-state index contributed by atoms with van der Waals surface area (Å²) >= 11 is 1.47. The molecule has 4 rings (SSSR count). The molecule has 5 nitrogen and oxygen atoms in total. The SMILES string of the molecule is CC(C)(C)C(=O)Nc1cccc(-c2cc3c(o2)CCN(C(=O)c2cccs2)C3)c1. The minimum atomic E-state index is -0.460. The minimum absolute atomic E-state index is 0.0314. The fourth-order valence-electron chi connectivity index (χ4n) is 3.27. The van der Waals surface area contributed by atoms with Gasteiger partial charge in [-0.1, -0.05) is 39.0 Å². The summed E-state index contributed by atoms with van der Waals surface area (Å²) in [5.74, 6) is 1.73. The van der Waals surface area contributed by atoms with Crippen LogP contribution in [0.1, 0.15) is 41.8 Å². The Bertz CT molecular complexity index is 1040. The Kier molecular flexibility index (Phi) is 5.04. The summed E-state index contributed by atoms with van der Waals surface area (Å²) in [7, 11) is 0. The molecule has 150 valence electrons. The topological polar surface area (TPSA) is 62.6 Å². The Labute approximate surface area is 174 Å². The van der Waals surface area contributed by atoms with Crippen LogP contribution in [0, 0.1) is 5.41 Å². The van der Waals surface area contributed by atoms with Crippen LogP contribution >= 0.6 is 11.3 Å². The number of anilines is 1.